The van der Waals surface area contributed by atoms with Gasteiger partial charge in [-0.25, -0.2) is 14.1 Å². The van der Waals surface area contributed by atoms with Crippen molar-refractivity contribution in [2.45, 2.75) is 6.61 Å². The van der Waals surface area contributed by atoms with Crippen molar-refractivity contribution in [2.24, 2.45) is 7.05 Å². The van der Waals surface area contributed by atoms with Gasteiger partial charge in [0.05, 0.1) is 0 Å². The van der Waals surface area contributed by atoms with Crippen LogP contribution in [-0.2, 0) is 13.7 Å². The second-order valence-electron chi connectivity index (χ2n) is 7.14. The molecule has 0 radical (unpaired) electrons. The van der Waals surface area contributed by atoms with Crippen molar-refractivity contribution in [1.82, 2.24) is 19.7 Å². The zero-order chi connectivity index (χ0) is 22.1. The van der Waals surface area contributed by atoms with E-state index in [-0.39, 0.29) is 46.2 Å². The van der Waals surface area contributed by atoms with Crippen molar-refractivity contribution in [3.8, 4) is 17.3 Å². The van der Waals surface area contributed by atoms with Gasteiger partial charge in [0.1, 0.15) is 35.5 Å². The maximum absolute atomic E-state index is 13.2. The summed E-state index contributed by atoms with van der Waals surface area (Å²) in [5.74, 6) is 0.156. The number of amides is 1. The number of hydrogen-bond donors (Lipinski definition) is 0. The Kier molecular flexibility index (Phi) is 5.24. The number of halogens is 1. The fraction of sp³-hybridized carbons (Fsp3) is 0.182. The lowest BCUT2D eigenvalue weighted by Gasteiger charge is -2.14. The molecule has 2 aromatic heterocycles. The molecule has 4 aromatic rings. The zero-order valence-electron chi connectivity index (χ0n) is 17.1. The molecule has 0 N–H and O–H groups in total. The van der Waals surface area contributed by atoms with Gasteiger partial charge in [-0.2, -0.15) is 5.10 Å². The standard InChI is InChI=1S/C22H19FN4O4/c1-26(2)22(29)14-8-17(30-11-13-4-6-15(23)7-5-13)20-16(28)10-19(31-18(20)9-14)21-24-12-25-27(21)3/h4-10,12H,11H2,1-3H3. The van der Waals surface area contributed by atoms with Crippen LogP contribution in [0.15, 0.2) is 58.0 Å². The first-order valence-corrected chi connectivity index (χ1v) is 9.38. The van der Waals surface area contributed by atoms with Crippen LogP contribution in [0.3, 0.4) is 0 Å². The van der Waals surface area contributed by atoms with E-state index in [1.165, 1.54) is 46.2 Å². The zero-order valence-corrected chi connectivity index (χ0v) is 17.1. The number of fused-ring (bicyclic) bond motifs is 1. The van der Waals surface area contributed by atoms with Crippen LogP contribution in [0, 0.1) is 5.82 Å². The molecule has 0 aliphatic rings. The third-order valence-electron chi connectivity index (χ3n) is 4.69. The van der Waals surface area contributed by atoms with Crippen molar-refractivity contribution in [2.75, 3.05) is 14.1 Å². The first kappa shape index (κ1) is 20.3. The second kappa shape index (κ2) is 8.02. The summed E-state index contributed by atoms with van der Waals surface area (Å²) in [6.07, 6.45) is 1.35. The smallest absolute Gasteiger partial charge is 0.253 e. The van der Waals surface area contributed by atoms with E-state index in [4.69, 9.17) is 9.15 Å². The summed E-state index contributed by atoms with van der Waals surface area (Å²) in [6.45, 7) is 0.0828. The van der Waals surface area contributed by atoms with Crippen molar-refractivity contribution in [1.29, 1.82) is 0 Å². The topological polar surface area (TPSA) is 90.5 Å². The van der Waals surface area contributed by atoms with Crippen LogP contribution in [0.5, 0.6) is 5.75 Å². The summed E-state index contributed by atoms with van der Waals surface area (Å²) in [5, 5.41) is 4.19. The number of carbonyl (C=O) groups is 1. The van der Waals surface area contributed by atoms with Crippen LogP contribution in [-0.4, -0.2) is 39.7 Å². The predicted octanol–water partition coefficient (Wildman–Crippen LogP) is 3.01. The van der Waals surface area contributed by atoms with Crippen LogP contribution in [0.2, 0.25) is 0 Å². The quantitative estimate of drug-likeness (QED) is 0.491. The minimum absolute atomic E-state index is 0.0828. The van der Waals surface area contributed by atoms with Gasteiger partial charge in [0.2, 0.25) is 0 Å². The van der Waals surface area contributed by atoms with Crippen LogP contribution < -0.4 is 10.2 Å². The Morgan fingerprint density at radius 3 is 2.58 bits per heavy atom. The molecule has 0 saturated heterocycles. The highest BCUT2D eigenvalue weighted by atomic mass is 19.1. The minimum Gasteiger partial charge on any atom is -0.488 e. The fourth-order valence-electron chi connectivity index (χ4n) is 3.12. The van der Waals surface area contributed by atoms with Gasteiger partial charge in [0, 0.05) is 32.8 Å². The monoisotopic (exact) mass is 422 g/mol. The lowest BCUT2D eigenvalue weighted by molar-refractivity contribution is 0.0827. The molecule has 1 amide bonds. The third kappa shape index (κ3) is 4.02. The van der Waals surface area contributed by atoms with E-state index in [1.807, 2.05) is 0 Å². The van der Waals surface area contributed by atoms with Gasteiger partial charge in [-0.3, -0.25) is 9.59 Å². The Bertz CT molecular complexity index is 1330. The van der Waals surface area contributed by atoms with Crippen LogP contribution >= 0.6 is 0 Å². The maximum atomic E-state index is 13.2. The Morgan fingerprint density at radius 2 is 1.94 bits per heavy atom. The Hall–Kier alpha value is -4.01. The lowest BCUT2D eigenvalue weighted by atomic mass is 10.1. The highest BCUT2D eigenvalue weighted by molar-refractivity contribution is 5.99. The highest BCUT2D eigenvalue weighted by Crippen LogP contribution is 2.29. The lowest BCUT2D eigenvalue weighted by Crippen LogP contribution is -2.22. The highest BCUT2D eigenvalue weighted by Gasteiger charge is 2.19. The van der Waals surface area contributed by atoms with E-state index >= 15 is 0 Å². The molecule has 0 fully saturated rings. The van der Waals surface area contributed by atoms with Gasteiger partial charge in [-0.1, -0.05) is 12.1 Å². The molecule has 2 heterocycles. The number of ether oxygens (including phenoxy) is 1. The van der Waals surface area contributed by atoms with Crippen molar-refractivity contribution < 1.29 is 18.3 Å². The van der Waals surface area contributed by atoms with E-state index in [9.17, 15) is 14.0 Å². The molecular formula is C22H19FN4O4. The second-order valence-corrected chi connectivity index (χ2v) is 7.14. The number of nitrogens with zero attached hydrogens (tertiary/aromatic N) is 4. The van der Waals surface area contributed by atoms with Gasteiger partial charge in [0.15, 0.2) is 17.0 Å². The Morgan fingerprint density at radius 1 is 1.19 bits per heavy atom. The van der Waals surface area contributed by atoms with Crippen molar-refractivity contribution in [3.63, 3.8) is 0 Å². The van der Waals surface area contributed by atoms with Gasteiger partial charge >= 0.3 is 0 Å². The first-order chi connectivity index (χ1) is 14.8. The van der Waals surface area contributed by atoms with Crippen molar-refractivity contribution in [3.05, 3.63) is 76.0 Å². The normalized spacial score (nSPS) is 11.0. The molecule has 0 saturated carbocycles. The summed E-state index contributed by atoms with van der Waals surface area (Å²) in [7, 11) is 4.92. The first-order valence-electron chi connectivity index (χ1n) is 9.38. The van der Waals surface area contributed by atoms with Gasteiger partial charge in [-0.15, -0.1) is 0 Å². The SMILES string of the molecule is CN(C)C(=O)c1cc(OCc2ccc(F)cc2)c2c(=O)cc(-c3ncnn3C)oc2c1. The molecule has 158 valence electrons. The minimum atomic E-state index is -0.357. The number of carbonyl (C=O) groups excluding carboxylic acids is 1. The molecule has 0 bridgehead atoms. The van der Waals surface area contributed by atoms with Crippen LogP contribution in [0.4, 0.5) is 4.39 Å². The van der Waals surface area contributed by atoms with Gasteiger partial charge in [-0.05, 0) is 29.8 Å². The van der Waals surface area contributed by atoms with E-state index in [2.05, 4.69) is 10.1 Å². The average molecular weight is 422 g/mol. The molecule has 8 nitrogen and oxygen atoms in total. The van der Waals surface area contributed by atoms with Gasteiger partial charge in [0.25, 0.3) is 5.91 Å². The number of rotatable bonds is 5. The molecule has 0 aliphatic carbocycles. The summed E-state index contributed by atoms with van der Waals surface area (Å²) < 4.78 is 26.4. The van der Waals surface area contributed by atoms with Crippen LogP contribution in [0.25, 0.3) is 22.6 Å². The largest absolute Gasteiger partial charge is 0.488 e. The molecule has 4 rings (SSSR count). The van der Waals surface area contributed by atoms with E-state index in [1.54, 1.807) is 33.3 Å². The summed E-state index contributed by atoms with van der Waals surface area (Å²) >= 11 is 0. The number of benzene rings is 2. The molecule has 0 unspecified atom stereocenters. The van der Waals surface area contributed by atoms with E-state index in [0.717, 1.165) is 0 Å². The predicted molar refractivity (Wildman–Crippen MR) is 111 cm³/mol. The Balaban J connectivity index is 1.84. The van der Waals surface area contributed by atoms with Gasteiger partial charge < -0.3 is 14.1 Å². The van der Waals surface area contributed by atoms with Crippen LogP contribution in [0.1, 0.15) is 15.9 Å². The number of hydrogen-bond acceptors (Lipinski definition) is 6. The third-order valence-corrected chi connectivity index (χ3v) is 4.69. The molecular weight excluding hydrogens is 403 g/mol. The molecule has 0 atom stereocenters. The van der Waals surface area contributed by atoms with E-state index in [0.29, 0.717) is 17.0 Å². The van der Waals surface area contributed by atoms with E-state index < -0.39 is 0 Å². The maximum Gasteiger partial charge on any atom is 0.253 e. The summed E-state index contributed by atoms with van der Waals surface area (Å²) in [4.78, 5) is 31.1. The average Bonchev–Trinajstić information content (AvgIpc) is 3.17. The number of aryl methyl sites for hydroxylation is 1. The summed E-state index contributed by atoms with van der Waals surface area (Å²) in [5.41, 5.74) is 0.841. The van der Waals surface area contributed by atoms with Crippen molar-refractivity contribution >= 4 is 16.9 Å². The molecule has 2 aromatic carbocycles. The molecule has 9 heteroatoms. The fourth-order valence-corrected chi connectivity index (χ4v) is 3.12. The number of aromatic nitrogens is 3. The Labute approximate surface area is 176 Å². The molecule has 31 heavy (non-hydrogen) atoms. The molecule has 0 spiro atoms. The summed E-state index contributed by atoms with van der Waals surface area (Å²) in [6, 6.07) is 10.1. The molecule has 0 aliphatic heterocycles.